The van der Waals surface area contributed by atoms with Crippen molar-refractivity contribution in [3.8, 4) is 0 Å². The second-order valence-corrected chi connectivity index (χ2v) is 3.59. The molecule has 65 valence electrons. The molecule has 0 saturated heterocycles. The quantitative estimate of drug-likeness (QED) is 0.617. The Morgan fingerprint density at radius 2 is 2.09 bits per heavy atom. The minimum absolute atomic E-state index is 0.192. The van der Waals surface area contributed by atoms with Gasteiger partial charge in [0, 0.05) is 0 Å². The number of amides is 1. The van der Waals surface area contributed by atoms with Crippen LogP contribution < -0.4 is 4.72 Å². The van der Waals surface area contributed by atoms with E-state index in [-0.39, 0.29) is 6.61 Å². The number of carbonyl (C=O) groups excluding carboxylic acids is 1. The molecule has 0 aromatic heterocycles. The summed E-state index contributed by atoms with van der Waals surface area (Å²) >= 11 is 0. The zero-order chi connectivity index (χ0) is 8.91. The highest BCUT2D eigenvalue weighted by molar-refractivity contribution is 7.89. The van der Waals surface area contributed by atoms with E-state index in [4.69, 9.17) is 0 Å². The third-order valence-electron chi connectivity index (χ3n) is 0.670. The molecule has 0 fully saturated rings. The van der Waals surface area contributed by atoms with Gasteiger partial charge in [0.15, 0.2) is 0 Å². The molecule has 0 N–H and O–H groups in total. The molecule has 0 aromatic carbocycles. The summed E-state index contributed by atoms with van der Waals surface area (Å²) in [5, 5.41) is 0. The standard InChI is InChI=1S/C5H10NO4S/c1-3-4-10-5(7)6-11(2,8)9/h3-4H2,1-2H3. The third kappa shape index (κ3) is 7.11. The minimum atomic E-state index is -3.60. The average molecular weight is 180 g/mol. The molecule has 5 nitrogen and oxygen atoms in total. The largest absolute Gasteiger partial charge is 0.447 e. The Labute approximate surface area is 65.8 Å². The molecule has 0 atom stereocenters. The van der Waals surface area contributed by atoms with Gasteiger partial charge < -0.3 is 4.74 Å². The third-order valence-corrected chi connectivity index (χ3v) is 1.15. The van der Waals surface area contributed by atoms with Gasteiger partial charge in [-0.15, -0.1) is 0 Å². The fourth-order valence-electron chi connectivity index (χ4n) is 0.351. The summed E-state index contributed by atoms with van der Waals surface area (Å²) < 4.78 is 27.8. The number of sulfonamides is 1. The van der Waals surface area contributed by atoms with Crippen molar-refractivity contribution in [2.24, 2.45) is 0 Å². The highest BCUT2D eigenvalue weighted by Crippen LogP contribution is 1.86. The van der Waals surface area contributed by atoms with Crippen LogP contribution in [-0.2, 0) is 14.8 Å². The number of nitrogens with zero attached hydrogens (tertiary/aromatic N) is 1. The summed E-state index contributed by atoms with van der Waals surface area (Å²) in [5.74, 6) is 0. The van der Waals surface area contributed by atoms with Gasteiger partial charge in [-0.3, -0.25) is 0 Å². The average Bonchev–Trinajstić information content (AvgIpc) is 1.79. The number of hydrogen-bond donors (Lipinski definition) is 0. The molecule has 0 saturated carbocycles. The fourth-order valence-corrected chi connectivity index (χ4v) is 0.675. The maximum atomic E-state index is 10.4. The van der Waals surface area contributed by atoms with Crippen LogP contribution >= 0.6 is 0 Å². The number of hydrogen-bond acceptors (Lipinski definition) is 4. The Bertz CT molecular complexity index is 221. The molecule has 1 amide bonds. The van der Waals surface area contributed by atoms with Gasteiger partial charge in [-0.05, 0) is 6.42 Å². The van der Waals surface area contributed by atoms with E-state index in [2.05, 4.69) is 9.46 Å². The maximum absolute atomic E-state index is 10.4. The maximum Gasteiger partial charge on any atom is 0.444 e. The molecule has 0 rings (SSSR count). The van der Waals surface area contributed by atoms with Crippen LogP contribution in [0.5, 0.6) is 0 Å². The zero-order valence-electron chi connectivity index (χ0n) is 6.40. The lowest BCUT2D eigenvalue weighted by Crippen LogP contribution is -2.23. The predicted molar refractivity (Wildman–Crippen MR) is 38.6 cm³/mol. The summed E-state index contributed by atoms with van der Waals surface area (Å²) in [6, 6.07) is 0. The van der Waals surface area contributed by atoms with Gasteiger partial charge in [0.1, 0.15) is 0 Å². The first-order valence-electron chi connectivity index (χ1n) is 3.05. The van der Waals surface area contributed by atoms with Crippen LogP contribution in [-0.4, -0.2) is 27.4 Å². The SMILES string of the molecule is CCCOC(=O)[N]S(C)(=O)=O. The van der Waals surface area contributed by atoms with E-state index >= 15 is 0 Å². The number of ether oxygens (including phenoxy) is 1. The van der Waals surface area contributed by atoms with Gasteiger partial charge in [-0.2, -0.15) is 0 Å². The monoisotopic (exact) mass is 180 g/mol. The van der Waals surface area contributed by atoms with Crippen molar-refractivity contribution in [2.45, 2.75) is 13.3 Å². The van der Waals surface area contributed by atoms with Crippen molar-refractivity contribution in [3.63, 3.8) is 0 Å². The molecule has 0 aliphatic rings. The van der Waals surface area contributed by atoms with Gasteiger partial charge in [0.05, 0.1) is 12.9 Å². The van der Waals surface area contributed by atoms with E-state index in [1.54, 1.807) is 6.92 Å². The highest BCUT2D eigenvalue weighted by atomic mass is 32.2. The van der Waals surface area contributed by atoms with E-state index < -0.39 is 16.1 Å². The number of carbonyl (C=O) groups is 1. The zero-order valence-corrected chi connectivity index (χ0v) is 7.22. The second-order valence-electron chi connectivity index (χ2n) is 1.94. The Morgan fingerprint density at radius 3 is 2.45 bits per heavy atom. The Balaban J connectivity index is 3.71. The molecule has 0 unspecified atom stereocenters. The smallest absolute Gasteiger partial charge is 0.444 e. The van der Waals surface area contributed by atoms with E-state index in [1.807, 2.05) is 0 Å². The molecule has 0 aliphatic heterocycles. The number of rotatable bonds is 3. The molecular formula is C5H10NO4S. The van der Waals surface area contributed by atoms with Crippen LogP contribution in [0.3, 0.4) is 0 Å². The predicted octanol–water partition coefficient (Wildman–Crippen LogP) is 0.0970. The van der Waals surface area contributed by atoms with Gasteiger partial charge >= 0.3 is 6.09 Å². The van der Waals surface area contributed by atoms with Crippen LogP contribution in [0.1, 0.15) is 13.3 Å². The molecule has 0 bridgehead atoms. The van der Waals surface area contributed by atoms with Crippen molar-refractivity contribution in [1.29, 1.82) is 0 Å². The Kier molecular flexibility index (Phi) is 3.88. The summed E-state index contributed by atoms with van der Waals surface area (Å²) in [4.78, 5) is 10.4. The summed E-state index contributed by atoms with van der Waals surface area (Å²) in [7, 11) is -3.60. The van der Waals surface area contributed by atoms with Crippen LogP contribution in [0.15, 0.2) is 0 Å². The topological polar surface area (TPSA) is 74.5 Å². The highest BCUT2D eigenvalue weighted by Gasteiger charge is 2.11. The first-order valence-corrected chi connectivity index (χ1v) is 4.90. The van der Waals surface area contributed by atoms with E-state index in [0.717, 1.165) is 6.26 Å². The first-order chi connectivity index (χ1) is 4.95. The van der Waals surface area contributed by atoms with E-state index in [9.17, 15) is 13.2 Å². The van der Waals surface area contributed by atoms with E-state index in [0.29, 0.717) is 6.42 Å². The molecule has 1 radical (unpaired) electrons. The van der Waals surface area contributed by atoms with Gasteiger partial charge in [0.25, 0.3) is 10.0 Å². The van der Waals surface area contributed by atoms with Crippen molar-refractivity contribution in [3.05, 3.63) is 0 Å². The van der Waals surface area contributed by atoms with Crippen LogP contribution in [0.4, 0.5) is 4.79 Å². The first kappa shape index (κ1) is 10.2. The molecule has 0 spiro atoms. The van der Waals surface area contributed by atoms with Crippen molar-refractivity contribution in [1.82, 2.24) is 4.72 Å². The second kappa shape index (κ2) is 4.17. The van der Waals surface area contributed by atoms with Gasteiger partial charge in [-0.25, -0.2) is 13.2 Å². The normalized spacial score (nSPS) is 10.7. The molecular weight excluding hydrogens is 170 g/mol. The van der Waals surface area contributed by atoms with Gasteiger partial charge in [-0.1, -0.05) is 11.6 Å². The van der Waals surface area contributed by atoms with Crippen LogP contribution in [0.25, 0.3) is 0 Å². The Morgan fingerprint density at radius 1 is 1.55 bits per heavy atom. The van der Waals surface area contributed by atoms with Crippen molar-refractivity contribution < 1.29 is 17.9 Å². The molecule has 0 aliphatic carbocycles. The summed E-state index contributed by atoms with van der Waals surface area (Å²) in [6.07, 6.45) is 0.431. The Hall–Kier alpha value is -0.780. The fraction of sp³-hybridized carbons (Fsp3) is 0.800. The van der Waals surface area contributed by atoms with Crippen LogP contribution in [0, 0.1) is 0 Å². The van der Waals surface area contributed by atoms with Crippen molar-refractivity contribution in [2.75, 3.05) is 12.9 Å². The minimum Gasteiger partial charge on any atom is -0.447 e. The lowest BCUT2D eigenvalue weighted by atomic mass is 10.5. The van der Waals surface area contributed by atoms with Gasteiger partial charge in [0.2, 0.25) is 0 Å². The molecule has 0 heterocycles. The van der Waals surface area contributed by atoms with E-state index in [1.165, 1.54) is 0 Å². The van der Waals surface area contributed by atoms with Crippen molar-refractivity contribution >= 4 is 16.1 Å². The molecule has 6 heteroatoms. The molecule has 11 heavy (non-hydrogen) atoms. The lowest BCUT2D eigenvalue weighted by Gasteiger charge is -1.99. The summed E-state index contributed by atoms with van der Waals surface area (Å²) in [6.45, 7) is 1.99. The lowest BCUT2D eigenvalue weighted by molar-refractivity contribution is 0.152. The van der Waals surface area contributed by atoms with Crippen LogP contribution in [0.2, 0.25) is 0 Å². The molecule has 0 aromatic rings. The summed E-state index contributed by atoms with van der Waals surface area (Å²) in [5.41, 5.74) is 0.